The van der Waals surface area contributed by atoms with Crippen LogP contribution in [-0.4, -0.2) is 31.2 Å². The zero-order chi connectivity index (χ0) is 15.9. The van der Waals surface area contributed by atoms with Gasteiger partial charge in [-0.25, -0.2) is 4.98 Å². The molecule has 0 saturated carbocycles. The second kappa shape index (κ2) is 8.31. The molecule has 2 aromatic rings. The number of ether oxygens (including phenoxy) is 1. The molecule has 0 atom stereocenters. The molecule has 0 saturated heterocycles. The van der Waals surface area contributed by atoms with Crippen LogP contribution in [0, 0.1) is 6.92 Å². The molecule has 1 aromatic carbocycles. The minimum Gasteiger partial charge on any atom is -0.383 e. The number of aryl methyl sites for hydroxylation is 1. The number of hydrogen-bond donors (Lipinski definition) is 0. The minimum atomic E-state index is -0.00992. The number of thioether (sulfide) groups is 1. The molecule has 0 N–H and O–H groups in total. The molecule has 1 heterocycles. The number of methoxy groups -OCH3 is 1. The molecule has 2 rings (SSSR count). The lowest BCUT2D eigenvalue weighted by Gasteiger charge is -2.16. The van der Waals surface area contributed by atoms with E-state index in [-0.39, 0.29) is 5.91 Å². The Hall–Kier alpha value is -1.37. The number of aromatic nitrogens is 1. The lowest BCUT2D eigenvalue weighted by molar-refractivity contribution is -0.116. The third kappa shape index (κ3) is 4.83. The molecule has 4 nitrogen and oxygen atoms in total. The van der Waals surface area contributed by atoms with Crippen LogP contribution < -0.4 is 4.90 Å². The summed E-state index contributed by atoms with van der Waals surface area (Å²) < 4.78 is 5.05. The molecule has 0 aliphatic rings. The molecule has 0 bridgehead atoms. The second-order valence-electron chi connectivity index (χ2n) is 4.89. The molecule has 0 aliphatic carbocycles. The van der Waals surface area contributed by atoms with Crippen LogP contribution in [0.2, 0.25) is 0 Å². The average Bonchev–Trinajstić information content (AvgIpc) is 2.94. The van der Waals surface area contributed by atoms with Crippen molar-refractivity contribution in [3.8, 4) is 0 Å². The smallest absolute Gasteiger partial charge is 0.225 e. The maximum atomic E-state index is 11.7. The Labute approximate surface area is 139 Å². The van der Waals surface area contributed by atoms with Crippen molar-refractivity contribution in [2.45, 2.75) is 24.5 Å². The largest absolute Gasteiger partial charge is 0.383 e. The lowest BCUT2D eigenvalue weighted by Crippen LogP contribution is -2.31. The highest BCUT2D eigenvalue weighted by Gasteiger charge is 2.15. The van der Waals surface area contributed by atoms with Gasteiger partial charge in [0.1, 0.15) is 0 Å². The number of rotatable bonds is 7. The maximum Gasteiger partial charge on any atom is 0.225 e. The Morgan fingerprint density at radius 1 is 1.45 bits per heavy atom. The van der Waals surface area contributed by atoms with Crippen molar-refractivity contribution in [1.82, 2.24) is 4.98 Å². The van der Waals surface area contributed by atoms with E-state index < -0.39 is 0 Å². The fraction of sp³-hybridized carbons (Fsp3) is 0.375. The molecule has 1 amide bonds. The quantitative estimate of drug-likeness (QED) is 0.722. The van der Waals surface area contributed by atoms with Crippen molar-refractivity contribution in [2.24, 2.45) is 0 Å². The molecular weight excluding hydrogens is 316 g/mol. The van der Waals surface area contributed by atoms with Crippen molar-refractivity contribution >= 4 is 34.1 Å². The average molecular weight is 336 g/mol. The van der Waals surface area contributed by atoms with Crippen molar-refractivity contribution in [2.75, 3.05) is 25.2 Å². The molecule has 0 unspecified atom stereocenters. The summed E-state index contributed by atoms with van der Waals surface area (Å²) in [7, 11) is 1.63. The molecular formula is C16H20N2O2S2. The van der Waals surface area contributed by atoms with E-state index in [1.807, 2.05) is 5.38 Å². The first-order valence-electron chi connectivity index (χ1n) is 7.01. The summed E-state index contributed by atoms with van der Waals surface area (Å²) >= 11 is 3.25. The van der Waals surface area contributed by atoms with Gasteiger partial charge in [-0.2, -0.15) is 0 Å². The molecule has 6 heteroatoms. The van der Waals surface area contributed by atoms with Crippen LogP contribution in [0.25, 0.3) is 0 Å². The van der Waals surface area contributed by atoms with Gasteiger partial charge in [0.25, 0.3) is 0 Å². The number of hydrogen-bond acceptors (Lipinski definition) is 5. The number of anilines is 1. The normalized spacial score (nSPS) is 10.7. The van der Waals surface area contributed by atoms with Gasteiger partial charge in [0.15, 0.2) is 5.13 Å². The van der Waals surface area contributed by atoms with Gasteiger partial charge in [-0.3, -0.25) is 9.69 Å². The van der Waals surface area contributed by atoms with Crippen LogP contribution in [0.1, 0.15) is 18.2 Å². The summed E-state index contributed by atoms with van der Waals surface area (Å²) in [6.45, 7) is 4.68. The predicted octanol–water partition coefficient (Wildman–Crippen LogP) is 3.74. The number of benzene rings is 1. The fourth-order valence-electron chi connectivity index (χ4n) is 1.92. The van der Waals surface area contributed by atoms with E-state index in [2.05, 4.69) is 36.2 Å². The summed E-state index contributed by atoms with van der Waals surface area (Å²) in [5.74, 6) is 0.792. The van der Waals surface area contributed by atoms with Gasteiger partial charge in [0.05, 0.1) is 18.8 Å². The minimum absolute atomic E-state index is 0.00992. The standard InChI is InChI=1S/C16H20N2O2S2/c1-12-5-4-6-15(9-12)21-10-14-11-22-16(17-14)18(13(2)19)7-8-20-3/h4-6,9,11H,7-8,10H2,1-3H3. The number of carbonyl (C=O) groups is 1. The third-order valence-electron chi connectivity index (χ3n) is 3.05. The van der Waals surface area contributed by atoms with Crippen molar-refractivity contribution in [3.63, 3.8) is 0 Å². The SMILES string of the molecule is COCCN(C(C)=O)c1nc(CSc2cccc(C)c2)cs1. The maximum absolute atomic E-state index is 11.7. The van der Waals surface area contributed by atoms with Gasteiger partial charge < -0.3 is 4.74 Å². The Morgan fingerprint density at radius 3 is 2.95 bits per heavy atom. The number of thiazole rings is 1. The summed E-state index contributed by atoms with van der Waals surface area (Å²) in [6, 6.07) is 8.42. The van der Waals surface area contributed by atoms with E-state index >= 15 is 0 Å². The number of amides is 1. The highest BCUT2D eigenvalue weighted by atomic mass is 32.2. The lowest BCUT2D eigenvalue weighted by atomic mass is 10.2. The highest BCUT2D eigenvalue weighted by molar-refractivity contribution is 7.98. The Balaban J connectivity index is 1.99. The van der Waals surface area contributed by atoms with Gasteiger partial charge in [-0.1, -0.05) is 17.7 Å². The Bertz CT molecular complexity index is 628. The van der Waals surface area contributed by atoms with Crippen LogP contribution >= 0.6 is 23.1 Å². The molecule has 0 radical (unpaired) electrons. The molecule has 1 aromatic heterocycles. The summed E-state index contributed by atoms with van der Waals surface area (Å²) in [6.07, 6.45) is 0. The van der Waals surface area contributed by atoms with E-state index in [1.54, 1.807) is 30.7 Å². The zero-order valence-corrected chi connectivity index (χ0v) is 14.7. The van der Waals surface area contributed by atoms with Crippen LogP contribution in [0.5, 0.6) is 0 Å². The van der Waals surface area contributed by atoms with E-state index in [9.17, 15) is 4.79 Å². The van der Waals surface area contributed by atoms with Crippen LogP contribution in [0.15, 0.2) is 34.5 Å². The monoisotopic (exact) mass is 336 g/mol. The third-order valence-corrected chi connectivity index (χ3v) is 4.99. The van der Waals surface area contributed by atoms with Gasteiger partial charge in [-0.05, 0) is 19.1 Å². The van der Waals surface area contributed by atoms with Gasteiger partial charge >= 0.3 is 0 Å². The second-order valence-corrected chi connectivity index (χ2v) is 6.78. The van der Waals surface area contributed by atoms with Crippen LogP contribution in [-0.2, 0) is 15.3 Å². The van der Waals surface area contributed by atoms with Crippen molar-refractivity contribution < 1.29 is 9.53 Å². The van der Waals surface area contributed by atoms with Gasteiger partial charge in [-0.15, -0.1) is 23.1 Å². The van der Waals surface area contributed by atoms with E-state index in [0.717, 1.165) is 16.6 Å². The van der Waals surface area contributed by atoms with E-state index in [4.69, 9.17) is 4.74 Å². The van der Waals surface area contributed by atoms with Gasteiger partial charge in [0, 0.05) is 30.1 Å². The zero-order valence-electron chi connectivity index (χ0n) is 13.0. The van der Waals surface area contributed by atoms with Crippen molar-refractivity contribution in [1.29, 1.82) is 0 Å². The predicted molar refractivity (Wildman–Crippen MR) is 92.8 cm³/mol. The molecule has 22 heavy (non-hydrogen) atoms. The van der Waals surface area contributed by atoms with Crippen molar-refractivity contribution in [3.05, 3.63) is 40.9 Å². The van der Waals surface area contributed by atoms with Crippen LogP contribution in [0.4, 0.5) is 5.13 Å². The van der Waals surface area contributed by atoms with Gasteiger partial charge in [0.2, 0.25) is 5.91 Å². The summed E-state index contributed by atoms with van der Waals surface area (Å²) in [5, 5.41) is 2.75. The molecule has 0 fully saturated rings. The summed E-state index contributed by atoms with van der Waals surface area (Å²) in [5.41, 5.74) is 2.25. The Morgan fingerprint density at radius 2 is 2.27 bits per heavy atom. The first kappa shape index (κ1) is 17.0. The highest BCUT2D eigenvalue weighted by Crippen LogP contribution is 2.27. The molecule has 0 aliphatic heterocycles. The first-order valence-corrected chi connectivity index (χ1v) is 8.87. The number of nitrogens with zero attached hydrogens (tertiary/aromatic N) is 2. The van der Waals surface area contributed by atoms with Crippen LogP contribution in [0.3, 0.4) is 0 Å². The van der Waals surface area contributed by atoms with E-state index in [1.165, 1.54) is 21.8 Å². The topological polar surface area (TPSA) is 42.4 Å². The molecule has 118 valence electrons. The summed E-state index contributed by atoms with van der Waals surface area (Å²) in [4.78, 5) is 19.2. The fourth-order valence-corrected chi connectivity index (χ4v) is 3.83. The first-order chi connectivity index (χ1) is 10.6. The van der Waals surface area contributed by atoms with E-state index in [0.29, 0.717) is 13.2 Å². The Kier molecular flexibility index (Phi) is 6.42. The number of carbonyl (C=O) groups excluding carboxylic acids is 1. The molecule has 0 spiro atoms.